The molecule has 1 nitrogen and oxygen atoms in total. The normalized spacial score (nSPS) is 12.9. The van der Waals surface area contributed by atoms with Gasteiger partial charge in [0.25, 0.3) is 0 Å². The van der Waals surface area contributed by atoms with Crippen molar-refractivity contribution >= 4 is 10.9 Å². The molecule has 7 aromatic carbocycles. The quantitative estimate of drug-likeness (QED) is 0.192. The zero-order valence-electron chi connectivity index (χ0n) is 25.8. The highest BCUT2D eigenvalue weighted by atomic mass is 14.6. The number of pyridine rings is 1. The van der Waals surface area contributed by atoms with Gasteiger partial charge in [-0.3, -0.25) is 4.98 Å². The number of nitrogens with zero attached hydrogens (tertiary/aromatic N) is 1. The van der Waals surface area contributed by atoms with E-state index < -0.39 is 5.41 Å². The molecule has 1 heteroatoms. The molecule has 1 aromatic heterocycles. The molecule has 1 aliphatic carbocycles. The number of para-hydroxylation sites is 1. The molecule has 1 heterocycles. The second-order valence-corrected chi connectivity index (χ2v) is 12.3. The Bertz CT molecular complexity index is 2330. The van der Waals surface area contributed by atoms with E-state index in [2.05, 4.69) is 176 Å². The molecule has 220 valence electrons. The van der Waals surface area contributed by atoms with Crippen LogP contribution in [0.4, 0.5) is 0 Å². The summed E-state index contributed by atoms with van der Waals surface area (Å²) < 4.78 is 0. The fourth-order valence-electron chi connectivity index (χ4n) is 7.84. The molecule has 1 aliphatic rings. The molecule has 9 rings (SSSR count). The first kappa shape index (κ1) is 27.3. The van der Waals surface area contributed by atoms with Crippen molar-refractivity contribution in [3.63, 3.8) is 0 Å². The molecule has 8 aromatic rings. The summed E-state index contributed by atoms with van der Waals surface area (Å²) in [6, 6.07) is 66.3. The molecular weight excluding hydrogens is 567 g/mol. The Hall–Kier alpha value is -6.05. The molecule has 0 radical (unpaired) electrons. The van der Waals surface area contributed by atoms with Gasteiger partial charge in [-0.25, -0.2) is 0 Å². The average molecular weight is 598 g/mol. The predicted molar refractivity (Wildman–Crippen MR) is 195 cm³/mol. The summed E-state index contributed by atoms with van der Waals surface area (Å²) in [6.07, 6.45) is 1.88. The van der Waals surface area contributed by atoms with Gasteiger partial charge in [0.05, 0.1) is 10.9 Å². The lowest BCUT2D eigenvalue weighted by atomic mass is 9.67. The fraction of sp³-hybridized carbons (Fsp3) is 0.0217. The summed E-state index contributed by atoms with van der Waals surface area (Å²) in [7, 11) is 0. The van der Waals surface area contributed by atoms with Gasteiger partial charge in [0.1, 0.15) is 0 Å². The first-order chi connectivity index (χ1) is 23.3. The topological polar surface area (TPSA) is 12.9 Å². The zero-order chi connectivity index (χ0) is 31.2. The lowest BCUT2D eigenvalue weighted by Gasteiger charge is -2.34. The Morgan fingerprint density at radius 2 is 0.915 bits per heavy atom. The maximum atomic E-state index is 4.74. The van der Waals surface area contributed by atoms with Crippen molar-refractivity contribution in [3.8, 4) is 44.5 Å². The van der Waals surface area contributed by atoms with Crippen LogP contribution in [-0.4, -0.2) is 4.98 Å². The third-order valence-corrected chi connectivity index (χ3v) is 9.83. The van der Waals surface area contributed by atoms with E-state index in [0.717, 1.165) is 22.0 Å². The van der Waals surface area contributed by atoms with Crippen LogP contribution >= 0.6 is 0 Å². The largest absolute Gasteiger partial charge is 0.256 e. The molecule has 0 fully saturated rings. The van der Waals surface area contributed by atoms with Gasteiger partial charge < -0.3 is 0 Å². The number of hydrogen-bond donors (Lipinski definition) is 0. The van der Waals surface area contributed by atoms with Gasteiger partial charge in [-0.2, -0.15) is 0 Å². The van der Waals surface area contributed by atoms with E-state index >= 15 is 0 Å². The Kier molecular flexibility index (Phi) is 6.43. The SMILES string of the molecule is c1ccc(-c2ccc3c(c2-c2ccc(-c4cccc5cccnc45)cc2)-c2ccccc2C3(c2ccccc2)c2ccccc2)cc1. The maximum absolute atomic E-state index is 4.74. The minimum absolute atomic E-state index is 0.451. The van der Waals surface area contributed by atoms with Gasteiger partial charge in [-0.05, 0) is 67.3 Å². The van der Waals surface area contributed by atoms with Crippen LogP contribution in [0.15, 0.2) is 188 Å². The van der Waals surface area contributed by atoms with E-state index in [1.54, 1.807) is 0 Å². The van der Waals surface area contributed by atoms with Crippen LogP contribution in [-0.2, 0) is 5.41 Å². The second kappa shape index (κ2) is 11.1. The first-order valence-corrected chi connectivity index (χ1v) is 16.2. The van der Waals surface area contributed by atoms with Gasteiger partial charge >= 0.3 is 0 Å². The number of rotatable bonds is 5. The van der Waals surface area contributed by atoms with Crippen molar-refractivity contribution in [1.82, 2.24) is 4.98 Å². The number of aromatic nitrogens is 1. The molecule has 0 saturated heterocycles. The Labute approximate surface area is 275 Å². The van der Waals surface area contributed by atoms with Crippen molar-refractivity contribution in [2.75, 3.05) is 0 Å². The van der Waals surface area contributed by atoms with Crippen molar-refractivity contribution in [1.29, 1.82) is 0 Å². The Balaban J connectivity index is 1.35. The maximum Gasteiger partial charge on any atom is 0.0780 e. The van der Waals surface area contributed by atoms with Crippen LogP contribution in [0.1, 0.15) is 22.3 Å². The van der Waals surface area contributed by atoms with E-state index in [0.29, 0.717) is 0 Å². The summed E-state index contributed by atoms with van der Waals surface area (Å²) >= 11 is 0. The Morgan fingerprint density at radius 1 is 0.340 bits per heavy atom. The first-order valence-electron chi connectivity index (χ1n) is 16.2. The zero-order valence-corrected chi connectivity index (χ0v) is 25.8. The van der Waals surface area contributed by atoms with Crippen molar-refractivity contribution in [2.24, 2.45) is 0 Å². The Morgan fingerprint density at radius 3 is 1.64 bits per heavy atom. The van der Waals surface area contributed by atoms with E-state index in [-0.39, 0.29) is 0 Å². The van der Waals surface area contributed by atoms with Gasteiger partial charge in [0, 0.05) is 17.1 Å². The minimum Gasteiger partial charge on any atom is -0.256 e. The monoisotopic (exact) mass is 597 g/mol. The average Bonchev–Trinajstić information content (AvgIpc) is 3.46. The van der Waals surface area contributed by atoms with E-state index in [4.69, 9.17) is 4.98 Å². The molecule has 0 aliphatic heterocycles. The minimum atomic E-state index is -0.451. The van der Waals surface area contributed by atoms with Crippen LogP contribution in [0.5, 0.6) is 0 Å². The van der Waals surface area contributed by atoms with Crippen LogP contribution in [0.25, 0.3) is 55.4 Å². The summed E-state index contributed by atoms with van der Waals surface area (Å²) in [5.41, 5.74) is 15.5. The van der Waals surface area contributed by atoms with Crippen LogP contribution in [0.3, 0.4) is 0 Å². The van der Waals surface area contributed by atoms with Gasteiger partial charge in [-0.15, -0.1) is 0 Å². The molecule has 0 amide bonds. The predicted octanol–water partition coefficient (Wildman–Crippen LogP) is 11.6. The van der Waals surface area contributed by atoms with Gasteiger partial charge in [0.2, 0.25) is 0 Å². The third-order valence-electron chi connectivity index (χ3n) is 9.83. The van der Waals surface area contributed by atoms with E-state index in [9.17, 15) is 0 Å². The number of benzene rings is 7. The molecular formula is C46H31N. The lowest BCUT2D eigenvalue weighted by molar-refractivity contribution is 0.768. The molecule has 0 bridgehead atoms. The van der Waals surface area contributed by atoms with Gasteiger partial charge in [0.15, 0.2) is 0 Å². The van der Waals surface area contributed by atoms with E-state index in [1.807, 2.05) is 12.3 Å². The highest BCUT2D eigenvalue weighted by Gasteiger charge is 2.47. The van der Waals surface area contributed by atoms with Crippen molar-refractivity contribution < 1.29 is 0 Å². The molecule has 0 unspecified atom stereocenters. The molecule has 0 atom stereocenters. The third kappa shape index (κ3) is 4.21. The standard InChI is InChI=1S/C46H31N/c1-4-14-32(15-5-1)38-29-30-42-44(43(38)34-27-25-33(26-28-34)39-23-12-16-35-17-13-31-47-45(35)39)40-22-10-11-24-41(40)46(42,36-18-6-2-7-19-36)37-20-8-3-9-21-37/h1-31H. The van der Waals surface area contributed by atoms with Gasteiger partial charge in [-0.1, -0.05) is 176 Å². The highest BCUT2D eigenvalue weighted by molar-refractivity contribution is 6.02. The summed E-state index contributed by atoms with van der Waals surface area (Å²) in [4.78, 5) is 4.74. The second-order valence-electron chi connectivity index (χ2n) is 12.3. The van der Waals surface area contributed by atoms with Crippen molar-refractivity contribution in [2.45, 2.75) is 5.41 Å². The van der Waals surface area contributed by atoms with Crippen LogP contribution < -0.4 is 0 Å². The lowest BCUT2D eigenvalue weighted by Crippen LogP contribution is -2.28. The fourth-order valence-corrected chi connectivity index (χ4v) is 7.84. The summed E-state index contributed by atoms with van der Waals surface area (Å²) in [5.74, 6) is 0. The molecule has 0 N–H and O–H groups in total. The van der Waals surface area contributed by atoms with Crippen LogP contribution in [0.2, 0.25) is 0 Å². The number of fused-ring (bicyclic) bond motifs is 4. The molecule has 0 saturated carbocycles. The highest BCUT2D eigenvalue weighted by Crippen LogP contribution is 2.59. The summed E-state index contributed by atoms with van der Waals surface area (Å²) in [5, 5.41) is 1.15. The molecule has 0 spiro atoms. The number of hydrogen-bond acceptors (Lipinski definition) is 1. The van der Waals surface area contributed by atoms with Crippen LogP contribution in [0, 0.1) is 0 Å². The molecule has 47 heavy (non-hydrogen) atoms. The summed E-state index contributed by atoms with van der Waals surface area (Å²) in [6.45, 7) is 0. The smallest absolute Gasteiger partial charge is 0.0780 e. The van der Waals surface area contributed by atoms with Crippen molar-refractivity contribution in [3.05, 3.63) is 210 Å². The van der Waals surface area contributed by atoms with E-state index in [1.165, 1.54) is 55.6 Å².